The molecule has 4 heteroatoms. The van der Waals surface area contributed by atoms with Crippen LogP contribution in [0.25, 0.3) is 0 Å². The third kappa shape index (κ3) is 3.17. The predicted molar refractivity (Wildman–Crippen MR) is 74.4 cm³/mol. The number of carbonyl (C=O) groups is 3. The van der Waals surface area contributed by atoms with Gasteiger partial charge in [0.1, 0.15) is 0 Å². The predicted octanol–water partition coefficient (Wildman–Crippen LogP) is 2.13. The Morgan fingerprint density at radius 1 is 0.800 bits per heavy atom. The van der Waals surface area contributed by atoms with E-state index in [9.17, 15) is 14.4 Å². The van der Waals surface area contributed by atoms with Crippen LogP contribution in [0.1, 0.15) is 26.3 Å². The number of Topliss-reactive ketones (excluding diaryl/α,β-unsaturated/α-hetero) is 1. The Morgan fingerprint density at radius 2 is 1.40 bits per heavy atom. The topological polar surface area (TPSA) is 63.2 Å². The van der Waals surface area contributed by atoms with Gasteiger partial charge in [0.25, 0.3) is 17.6 Å². The smallest absolute Gasteiger partial charge is 0.285 e. The summed E-state index contributed by atoms with van der Waals surface area (Å²) >= 11 is 0. The van der Waals surface area contributed by atoms with Crippen LogP contribution in [0, 0.1) is 6.92 Å². The number of aryl methyl sites for hydroxylation is 1. The van der Waals surface area contributed by atoms with Crippen LogP contribution in [-0.2, 0) is 4.79 Å². The Kier molecular flexibility index (Phi) is 4.05. The highest BCUT2D eigenvalue weighted by Gasteiger charge is 2.19. The number of ketones is 1. The lowest BCUT2D eigenvalue weighted by molar-refractivity contribution is -0.116. The molecule has 0 fully saturated rings. The maximum absolute atomic E-state index is 11.8. The Bertz CT molecular complexity index is 645. The average molecular weight is 267 g/mol. The fourth-order valence-electron chi connectivity index (χ4n) is 1.66. The van der Waals surface area contributed by atoms with E-state index < -0.39 is 17.6 Å². The van der Waals surface area contributed by atoms with E-state index in [1.54, 1.807) is 42.5 Å². The number of imide groups is 1. The van der Waals surface area contributed by atoms with Crippen molar-refractivity contribution in [3.05, 3.63) is 71.3 Å². The largest absolute Gasteiger partial charge is 0.299 e. The van der Waals surface area contributed by atoms with Gasteiger partial charge in [-0.2, -0.15) is 0 Å². The quantitative estimate of drug-likeness (QED) is 0.684. The van der Waals surface area contributed by atoms with Crippen molar-refractivity contribution in [2.75, 3.05) is 0 Å². The Morgan fingerprint density at radius 3 is 2.00 bits per heavy atom. The summed E-state index contributed by atoms with van der Waals surface area (Å²) in [5.74, 6) is -2.24. The highest BCUT2D eigenvalue weighted by molar-refractivity contribution is 6.45. The summed E-state index contributed by atoms with van der Waals surface area (Å²) in [6.07, 6.45) is 0. The molecule has 0 unspecified atom stereocenters. The minimum Gasteiger partial charge on any atom is -0.285 e. The van der Waals surface area contributed by atoms with E-state index in [1.807, 2.05) is 6.92 Å². The number of benzene rings is 2. The van der Waals surface area contributed by atoms with Gasteiger partial charge in [-0.25, -0.2) is 0 Å². The van der Waals surface area contributed by atoms with E-state index >= 15 is 0 Å². The number of hydrogen-bond acceptors (Lipinski definition) is 3. The van der Waals surface area contributed by atoms with Crippen LogP contribution < -0.4 is 5.32 Å². The SMILES string of the molecule is Cc1ccc(C(=O)NC(=O)C(=O)c2ccccc2)cc1. The molecule has 1 N–H and O–H groups in total. The fourth-order valence-corrected chi connectivity index (χ4v) is 1.66. The molecule has 2 aromatic rings. The molecular formula is C16H13NO3. The first kappa shape index (κ1) is 13.7. The molecule has 0 saturated heterocycles. The summed E-state index contributed by atoms with van der Waals surface area (Å²) in [6.45, 7) is 1.89. The van der Waals surface area contributed by atoms with Gasteiger partial charge in [-0.3, -0.25) is 19.7 Å². The van der Waals surface area contributed by atoms with Crippen LogP contribution in [0.3, 0.4) is 0 Å². The van der Waals surface area contributed by atoms with Crippen molar-refractivity contribution >= 4 is 17.6 Å². The van der Waals surface area contributed by atoms with E-state index in [-0.39, 0.29) is 5.56 Å². The van der Waals surface area contributed by atoms with Crippen LogP contribution in [0.4, 0.5) is 0 Å². The molecule has 20 heavy (non-hydrogen) atoms. The number of rotatable bonds is 3. The van der Waals surface area contributed by atoms with Crippen molar-refractivity contribution in [1.29, 1.82) is 0 Å². The van der Waals surface area contributed by atoms with Crippen LogP contribution in [0.5, 0.6) is 0 Å². The van der Waals surface area contributed by atoms with Crippen molar-refractivity contribution in [3.8, 4) is 0 Å². The van der Waals surface area contributed by atoms with Gasteiger partial charge >= 0.3 is 0 Å². The van der Waals surface area contributed by atoms with Gasteiger partial charge in [-0.05, 0) is 19.1 Å². The molecule has 2 amide bonds. The minimum atomic E-state index is -0.929. The van der Waals surface area contributed by atoms with Crippen LogP contribution in [0.2, 0.25) is 0 Å². The maximum Gasteiger partial charge on any atom is 0.299 e. The second-order valence-corrected chi connectivity index (χ2v) is 4.34. The summed E-state index contributed by atoms with van der Waals surface area (Å²) in [7, 11) is 0. The third-order valence-electron chi connectivity index (χ3n) is 2.78. The number of carbonyl (C=O) groups excluding carboxylic acids is 3. The van der Waals surface area contributed by atoms with Crippen LogP contribution in [-0.4, -0.2) is 17.6 Å². The van der Waals surface area contributed by atoms with E-state index in [4.69, 9.17) is 0 Å². The van der Waals surface area contributed by atoms with Crippen molar-refractivity contribution < 1.29 is 14.4 Å². The molecule has 0 aliphatic rings. The van der Waals surface area contributed by atoms with E-state index in [0.717, 1.165) is 5.56 Å². The zero-order chi connectivity index (χ0) is 14.5. The molecule has 0 aromatic heterocycles. The summed E-state index contributed by atoms with van der Waals surface area (Å²) in [6, 6.07) is 14.8. The van der Waals surface area contributed by atoms with Crippen molar-refractivity contribution in [1.82, 2.24) is 5.32 Å². The molecule has 100 valence electrons. The Balaban J connectivity index is 2.06. The average Bonchev–Trinajstić information content (AvgIpc) is 2.48. The lowest BCUT2D eigenvalue weighted by Crippen LogP contribution is -2.36. The van der Waals surface area contributed by atoms with Crippen molar-refractivity contribution in [2.24, 2.45) is 0 Å². The van der Waals surface area contributed by atoms with Gasteiger partial charge in [-0.1, -0.05) is 48.0 Å². The molecule has 0 bridgehead atoms. The van der Waals surface area contributed by atoms with E-state index in [1.165, 1.54) is 12.1 Å². The molecule has 0 aliphatic carbocycles. The molecule has 0 saturated carbocycles. The first-order valence-corrected chi connectivity index (χ1v) is 6.09. The minimum absolute atomic E-state index is 0.252. The highest BCUT2D eigenvalue weighted by Crippen LogP contribution is 2.04. The normalized spacial score (nSPS) is 9.85. The van der Waals surface area contributed by atoms with E-state index in [0.29, 0.717) is 5.56 Å². The monoisotopic (exact) mass is 267 g/mol. The number of amides is 2. The molecule has 0 aliphatic heterocycles. The summed E-state index contributed by atoms with van der Waals surface area (Å²) < 4.78 is 0. The molecule has 0 heterocycles. The molecular weight excluding hydrogens is 254 g/mol. The van der Waals surface area contributed by atoms with Crippen molar-refractivity contribution in [3.63, 3.8) is 0 Å². The third-order valence-corrected chi connectivity index (χ3v) is 2.78. The first-order valence-electron chi connectivity index (χ1n) is 6.09. The standard InChI is InChI=1S/C16H13NO3/c1-11-7-9-13(10-8-11)15(19)17-16(20)14(18)12-5-3-2-4-6-12/h2-10H,1H3,(H,17,19,20). The molecule has 0 radical (unpaired) electrons. The van der Waals surface area contributed by atoms with Gasteiger partial charge in [0.15, 0.2) is 0 Å². The number of hydrogen-bond donors (Lipinski definition) is 1. The molecule has 0 atom stereocenters. The van der Waals surface area contributed by atoms with Gasteiger partial charge in [0.2, 0.25) is 0 Å². The fraction of sp³-hybridized carbons (Fsp3) is 0.0625. The van der Waals surface area contributed by atoms with Gasteiger partial charge < -0.3 is 0 Å². The van der Waals surface area contributed by atoms with E-state index in [2.05, 4.69) is 5.32 Å². The summed E-state index contributed by atoms with van der Waals surface area (Å²) in [5.41, 5.74) is 1.60. The molecule has 0 spiro atoms. The summed E-state index contributed by atoms with van der Waals surface area (Å²) in [4.78, 5) is 35.3. The van der Waals surface area contributed by atoms with Crippen LogP contribution >= 0.6 is 0 Å². The lowest BCUT2D eigenvalue weighted by atomic mass is 10.1. The highest BCUT2D eigenvalue weighted by atomic mass is 16.2. The molecule has 2 rings (SSSR count). The summed E-state index contributed by atoms with van der Waals surface area (Å²) in [5, 5.41) is 2.09. The second-order valence-electron chi connectivity index (χ2n) is 4.34. The van der Waals surface area contributed by atoms with Gasteiger partial charge in [0.05, 0.1) is 0 Å². The molecule has 2 aromatic carbocycles. The molecule has 4 nitrogen and oxygen atoms in total. The first-order chi connectivity index (χ1) is 9.58. The second kappa shape index (κ2) is 5.93. The maximum atomic E-state index is 11.8. The zero-order valence-corrected chi connectivity index (χ0v) is 10.9. The van der Waals surface area contributed by atoms with Gasteiger partial charge in [-0.15, -0.1) is 0 Å². The number of nitrogens with one attached hydrogen (secondary N) is 1. The zero-order valence-electron chi connectivity index (χ0n) is 10.9. The lowest BCUT2D eigenvalue weighted by Gasteiger charge is -2.04. The Labute approximate surface area is 116 Å². The van der Waals surface area contributed by atoms with Gasteiger partial charge in [0, 0.05) is 11.1 Å². The Hall–Kier alpha value is -2.75. The van der Waals surface area contributed by atoms with Crippen molar-refractivity contribution in [2.45, 2.75) is 6.92 Å². The van der Waals surface area contributed by atoms with Crippen LogP contribution in [0.15, 0.2) is 54.6 Å².